The first-order valence-corrected chi connectivity index (χ1v) is 10.7. The van der Waals surface area contributed by atoms with E-state index in [1.807, 2.05) is 25.1 Å². The summed E-state index contributed by atoms with van der Waals surface area (Å²) in [5.74, 6) is -0.449. The van der Waals surface area contributed by atoms with Gasteiger partial charge in [-0.2, -0.15) is 0 Å². The van der Waals surface area contributed by atoms with Crippen molar-refractivity contribution in [2.45, 2.75) is 25.3 Å². The van der Waals surface area contributed by atoms with Crippen LogP contribution in [0, 0.1) is 12.7 Å². The number of fused-ring (bicyclic) bond motifs is 1. The Labute approximate surface area is 188 Å². The van der Waals surface area contributed by atoms with E-state index in [0.29, 0.717) is 21.6 Å². The SMILES string of the molecule is Cc1ccccc1C1(NC(=O)c2cc(Cl)c3nc(-c4c(F)cccc4Cl)[nH]c3c2)CC1. The van der Waals surface area contributed by atoms with E-state index in [-0.39, 0.29) is 27.9 Å². The summed E-state index contributed by atoms with van der Waals surface area (Å²) in [6.07, 6.45) is 1.78. The van der Waals surface area contributed by atoms with Crippen LogP contribution < -0.4 is 5.32 Å². The maximum absolute atomic E-state index is 14.3. The highest BCUT2D eigenvalue weighted by Gasteiger charge is 2.46. The number of rotatable bonds is 4. The minimum absolute atomic E-state index is 0.166. The monoisotopic (exact) mass is 453 g/mol. The fourth-order valence-corrected chi connectivity index (χ4v) is 4.55. The highest BCUT2D eigenvalue weighted by Crippen LogP contribution is 2.47. The van der Waals surface area contributed by atoms with Crippen LogP contribution in [0.1, 0.15) is 34.3 Å². The number of hydrogen-bond donors (Lipinski definition) is 2. The molecule has 31 heavy (non-hydrogen) atoms. The molecule has 4 aromatic rings. The number of carbonyl (C=O) groups excluding carboxylic acids is 1. The number of amides is 1. The van der Waals surface area contributed by atoms with Gasteiger partial charge in [0, 0.05) is 5.56 Å². The summed E-state index contributed by atoms with van der Waals surface area (Å²) in [6.45, 7) is 2.05. The fraction of sp³-hybridized carbons (Fsp3) is 0.167. The molecule has 1 aromatic heterocycles. The molecule has 1 heterocycles. The second-order valence-electron chi connectivity index (χ2n) is 7.89. The largest absolute Gasteiger partial charge is 0.343 e. The molecule has 1 aliphatic carbocycles. The van der Waals surface area contributed by atoms with Crippen LogP contribution in [0.3, 0.4) is 0 Å². The molecule has 3 aromatic carbocycles. The Balaban J connectivity index is 1.50. The normalized spacial score (nSPS) is 14.6. The van der Waals surface area contributed by atoms with Crippen molar-refractivity contribution < 1.29 is 9.18 Å². The maximum atomic E-state index is 14.3. The van der Waals surface area contributed by atoms with E-state index >= 15 is 0 Å². The van der Waals surface area contributed by atoms with Gasteiger partial charge in [-0.1, -0.05) is 53.5 Å². The number of nitrogens with one attached hydrogen (secondary N) is 2. The third kappa shape index (κ3) is 3.48. The standard InChI is InChI=1S/C24H18Cl2FN3O/c1-13-5-2-3-6-15(13)24(9-10-24)30-23(31)14-11-17(26)21-19(12-14)28-22(29-21)20-16(25)7-4-8-18(20)27/h2-8,11-12H,9-10H2,1H3,(H,28,29)(H,30,31). The van der Waals surface area contributed by atoms with Crippen LogP contribution in [0.4, 0.5) is 4.39 Å². The number of H-pyrrole nitrogens is 1. The molecular weight excluding hydrogens is 436 g/mol. The molecule has 5 rings (SSSR count). The van der Waals surface area contributed by atoms with Crippen molar-refractivity contribution in [3.8, 4) is 11.4 Å². The molecule has 0 aliphatic heterocycles. The van der Waals surface area contributed by atoms with Gasteiger partial charge in [0.1, 0.15) is 17.2 Å². The smallest absolute Gasteiger partial charge is 0.252 e. The van der Waals surface area contributed by atoms with Crippen molar-refractivity contribution in [2.75, 3.05) is 0 Å². The molecule has 0 atom stereocenters. The van der Waals surface area contributed by atoms with Crippen molar-refractivity contribution in [1.82, 2.24) is 15.3 Å². The zero-order valence-electron chi connectivity index (χ0n) is 16.6. The van der Waals surface area contributed by atoms with Gasteiger partial charge < -0.3 is 10.3 Å². The number of nitrogens with zero attached hydrogens (tertiary/aromatic N) is 1. The van der Waals surface area contributed by atoms with Crippen LogP contribution in [0.15, 0.2) is 54.6 Å². The average Bonchev–Trinajstić information content (AvgIpc) is 3.37. The van der Waals surface area contributed by atoms with Gasteiger partial charge in [0.15, 0.2) is 0 Å². The molecule has 4 nitrogen and oxygen atoms in total. The zero-order chi connectivity index (χ0) is 21.8. The van der Waals surface area contributed by atoms with Crippen molar-refractivity contribution in [2.24, 2.45) is 0 Å². The van der Waals surface area contributed by atoms with Crippen molar-refractivity contribution >= 4 is 40.1 Å². The lowest BCUT2D eigenvalue weighted by atomic mass is 9.99. The average molecular weight is 454 g/mol. The van der Waals surface area contributed by atoms with Crippen molar-refractivity contribution in [3.05, 3.63) is 87.2 Å². The number of hydrogen-bond acceptors (Lipinski definition) is 2. The van der Waals surface area contributed by atoms with Gasteiger partial charge in [0.2, 0.25) is 0 Å². The van der Waals surface area contributed by atoms with Gasteiger partial charge in [-0.25, -0.2) is 9.37 Å². The van der Waals surface area contributed by atoms with Crippen molar-refractivity contribution in [1.29, 1.82) is 0 Å². The van der Waals surface area contributed by atoms with Crippen LogP contribution >= 0.6 is 23.2 Å². The summed E-state index contributed by atoms with van der Waals surface area (Å²) >= 11 is 12.6. The zero-order valence-corrected chi connectivity index (χ0v) is 18.1. The minimum atomic E-state index is -0.491. The van der Waals surface area contributed by atoms with E-state index in [2.05, 4.69) is 21.4 Å². The summed E-state index contributed by atoms with van der Waals surface area (Å²) in [6, 6.07) is 15.8. The number of halogens is 3. The number of aryl methyl sites for hydroxylation is 1. The number of benzene rings is 3. The van der Waals surface area contributed by atoms with Crippen LogP contribution in [-0.4, -0.2) is 15.9 Å². The molecule has 1 aliphatic rings. The maximum Gasteiger partial charge on any atom is 0.252 e. The quantitative estimate of drug-likeness (QED) is 0.375. The van der Waals surface area contributed by atoms with Gasteiger partial charge in [-0.3, -0.25) is 4.79 Å². The number of carbonyl (C=O) groups is 1. The molecule has 7 heteroatoms. The predicted octanol–water partition coefficient (Wildman–Crippen LogP) is 6.40. The third-order valence-corrected chi connectivity index (χ3v) is 6.37. The van der Waals surface area contributed by atoms with Crippen LogP contribution in [0.25, 0.3) is 22.4 Å². The van der Waals surface area contributed by atoms with Gasteiger partial charge in [-0.15, -0.1) is 0 Å². The molecule has 1 saturated carbocycles. The van der Waals surface area contributed by atoms with Gasteiger partial charge in [0.05, 0.1) is 26.7 Å². The Hall–Kier alpha value is -2.89. The first-order chi connectivity index (χ1) is 14.9. The molecule has 1 fully saturated rings. The lowest BCUT2D eigenvalue weighted by Crippen LogP contribution is -2.35. The molecule has 2 N–H and O–H groups in total. The number of aromatic nitrogens is 2. The molecular formula is C24H18Cl2FN3O. The Kier molecular flexibility index (Phi) is 4.76. The van der Waals surface area contributed by atoms with Gasteiger partial charge in [-0.05, 0) is 55.2 Å². The molecule has 156 valence electrons. The van der Waals surface area contributed by atoms with Gasteiger partial charge >= 0.3 is 0 Å². The number of aromatic amines is 1. The van der Waals surface area contributed by atoms with Crippen molar-refractivity contribution in [3.63, 3.8) is 0 Å². The summed E-state index contributed by atoms with van der Waals surface area (Å²) < 4.78 is 14.3. The summed E-state index contributed by atoms with van der Waals surface area (Å²) in [4.78, 5) is 20.5. The molecule has 0 bridgehead atoms. The van der Waals surface area contributed by atoms with E-state index < -0.39 is 5.82 Å². The Bertz CT molecular complexity index is 1320. The minimum Gasteiger partial charge on any atom is -0.343 e. The molecule has 0 spiro atoms. The lowest BCUT2D eigenvalue weighted by molar-refractivity contribution is 0.0931. The van der Waals surface area contributed by atoms with E-state index in [9.17, 15) is 9.18 Å². The molecule has 1 amide bonds. The summed E-state index contributed by atoms with van der Waals surface area (Å²) in [5.41, 5.74) is 3.50. The molecule has 0 unspecified atom stereocenters. The van der Waals surface area contributed by atoms with E-state index in [1.54, 1.807) is 18.2 Å². The Morgan fingerprint density at radius 2 is 1.87 bits per heavy atom. The first kappa shape index (κ1) is 20.0. The molecule has 0 saturated heterocycles. The van der Waals surface area contributed by atoms with Crippen LogP contribution in [-0.2, 0) is 5.54 Å². The third-order valence-electron chi connectivity index (χ3n) is 5.77. The van der Waals surface area contributed by atoms with Crippen LogP contribution in [0.5, 0.6) is 0 Å². The predicted molar refractivity (Wildman–Crippen MR) is 121 cm³/mol. The second kappa shape index (κ2) is 7.36. The summed E-state index contributed by atoms with van der Waals surface area (Å²) in [5, 5.41) is 3.72. The highest BCUT2D eigenvalue weighted by atomic mass is 35.5. The second-order valence-corrected chi connectivity index (χ2v) is 8.70. The molecule has 0 radical (unpaired) electrons. The number of imidazole rings is 1. The Morgan fingerprint density at radius 3 is 2.58 bits per heavy atom. The first-order valence-electron chi connectivity index (χ1n) is 9.90. The van der Waals surface area contributed by atoms with E-state index in [0.717, 1.165) is 24.0 Å². The van der Waals surface area contributed by atoms with Crippen LogP contribution in [0.2, 0.25) is 10.0 Å². The van der Waals surface area contributed by atoms with E-state index in [4.69, 9.17) is 23.2 Å². The topological polar surface area (TPSA) is 57.8 Å². The van der Waals surface area contributed by atoms with Gasteiger partial charge in [0.25, 0.3) is 5.91 Å². The van der Waals surface area contributed by atoms with E-state index in [1.165, 1.54) is 12.1 Å². The lowest BCUT2D eigenvalue weighted by Gasteiger charge is -2.20. The summed E-state index contributed by atoms with van der Waals surface area (Å²) in [7, 11) is 0. The Morgan fingerprint density at radius 1 is 1.10 bits per heavy atom. The highest BCUT2D eigenvalue weighted by molar-refractivity contribution is 6.35. The fourth-order valence-electron chi connectivity index (χ4n) is 4.03.